The summed E-state index contributed by atoms with van der Waals surface area (Å²) in [5.74, 6) is 0.363. The summed E-state index contributed by atoms with van der Waals surface area (Å²) in [6.07, 6.45) is 2.52. The molecule has 1 N–H and O–H groups in total. The van der Waals surface area contributed by atoms with Crippen LogP contribution in [-0.2, 0) is 4.79 Å². The van der Waals surface area contributed by atoms with Gasteiger partial charge in [-0.2, -0.15) is 5.10 Å². The summed E-state index contributed by atoms with van der Waals surface area (Å²) in [4.78, 5) is 12.9. The first-order valence-electron chi connectivity index (χ1n) is 6.37. The van der Waals surface area contributed by atoms with Crippen molar-refractivity contribution >= 4 is 35.1 Å². The SMILES string of the molecule is O=C(NN=Cc1ccc(Cl)s1)C1CC1c1ccccc1. The van der Waals surface area contributed by atoms with E-state index in [2.05, 4.69) is 22.7 Å². The lowest BCUT2D eigenvalue weighted by atomic mass is 10.1. The van der Waals surface area contributed by atoms with Crippen LogP contribution < -0.4 is 5.43 Å². The number of amides is 1. The van der Waals surface area contributed by atoms with E-state index in [0.717, 1.165) is 11.3 Å². The maximum Gasteiger partial charge on any atom is 0.243 e. The van der Waals surface area contributed by atoms with Gasteiger partial charge in [-0.3, -0.25) is 4.79 Å². The van der Waals surface area contributed by atoms with Gasteiger partial charge < -0.3 is 0 Å². The largest absolute Gasteiger partial charge is 0.273 e. The fourth-order valence-electron chi connectivity index (χ4n) is 2.19. The first-order valence-corrected chi connectivity index (χ1v) is 7.56. The van der Waals surface area contributed by atoms with Gasteiger partial charge in [-0.15, -0.1) is 11.3 Å². The van der Waals surface area contributed by atoms with E-state index >= 15 is 0 Å². The van der Waals surface area contributed by atoms with Crippen LogP contribution in [0.5, 0.6) is 0 Å². The molecule has 0 radical (unpaired) electrons. The van der Waals surface area contributed by atoms with Crippen molar-refractivity contribution in [1.29, 1.82) is 0 Å². The Balaban J connectivity index is 1.53. The van der Waals surface area contributed by atoms with Gasteiger partial charge in [0.15, 0.2) is 0 Å². The summed E-state index contributed by atoms with van der Waals surface area (Å²) in [5, 5.41) is 3.97. The molecule has 2 unspecified atom stereocenters. The fraction of sp³-hybridized carbons (Fsp3) is 0.200. The molecule has 2 aromatic rings. The number of benzene rings is 1. The van der Waals surface area contributed by atoms with E-state index in [9.17, 15) is 4.79 Å². The molecular formula is C15H13ClN2OS. The van der Waals surface area contributed by atoms with Crippen LogP contribution >= 0.6 is 22.9 Å². The van der Waals surface area contributed by atoms with Crippen LogP contribution in [0.3, 0.4) is 0 Å². The van der Waals surface area contributed by atoms with E-state index in [-0.39, 0.29) is 11.8 Å². The molecule has 102 valence electrons. The van der Waals surface area contributed by atoms with E-state index < -0.39 is 0 Å². The molecule has 3 nitrogen and oxygen atoms in total. The number of halogens is 1. The topological polar surface area (TPSA) is 41.5 Å². The van der Waals surface area contributed by atoms with E-state index in [1.807, 2.05) is 30.3 Å². The molecule has 1 fully saturated rings. The Bertz CT molecular complexity index is 638. The molecule has 1 amide bonds. The number of nitrogens with one attached hydrogen (secondary N) is 1. The molecule has 1 aromatic carbocycles. The highest BCUT2D eigenvalue weighted by Gasteiger charge is 2.43. The first-order chi connectivity index (χ1) is 9.74. The van der Waals surface area contributed by atoms with Gasteiger partial charge in [0.2, 0.25) is 5.91 Å². The van der Waals surface area contributed by atoms with Gasteiger partial charge in [0, 0.05) is 10.8 Å². The molecule has 2 atom stereocenters. The summed E-state index contributed by atoms with van der Waals surface area (Å²) in [6, 6.07) is 13.8. The van der Waals surface area contributed by atoms with Gasteiger partial charge in [-0.25, -0.2) is 5.43 Å². The van der Waals surface area contributed by atoms with Crippen LogP contribution in [0.15, 0.2) is 47.6 Å². The van der Waals surface area contributed by atoms with Crippen LogP contribution in [0.2, 0.25) is 4.34 Å². The number of hydrogen-bond acceptors (Lipinski definition) is 3. The Morgan fingerprint density at radius 3 is 2.80 bits per heavy atom. The van der Waals surface area contributed by atoms with E-state index in [1.54, 1.807) is 6.21 Å². The average Bonchev–Trinajstić information content (AvgIpc) is 3.17. The molecule has 1 aromatic heterocycles. The molecule has 1 aliphatic rings. The van der Waals surface area contributed by atoms with Gasteiger partial charge in [-0.1, -0.05) is 41.9 Å². The Labute approximate surface area is 126 Å². The van der Waals surface area contributed by atoms with E-state index in [0.29, 0.717) is 10.3 Å². The number of rotatable bonds is 4. The zero-order valence-corrected chi connectivity index (χ0v) is 12.2. The molecule has 20 heavy (non-hydrogen) atoms. The fourth-order valence-corrected chi connectivity index (χ4v) is 3.13. The zero-order valence-electron chi connectivity index (χ0n) is 10.6. The maximum absolute atomic E-state index is 11.9. The Morgan fingerprint density at radius 2 is 2.10 bits per heavy atom. The smallest absolute Gasteiger partial charge is 0.243 e. The van der Waals surface area contributed by atoms with Crippen LogP contribution in [0.25, 0.3) is 0 Å². The maximum atomic E-state index is 11.9. The zero-order chi connectivity index (χ0) is 13.9. The van der Waals surface area contributed by atoms with Crippen molar-refractivity contribution in [1.82, 2.24) is 5.43 Å². The second kappa shape index (κ2) is 5.77. The molecule has 5 heteroatoms. The number of nitrogens with zero attached hydrogens (tertiary/aromatic N) is 1. The minimum absolute atomic E-state index is 0.0160. The van der Waals surface area contributed by atoms with Crippen molar-refractivity contribution < 1.29 is 4.79 Å². The quantitative estimate of drug-likeness (QED) is 0.680. The minimum Gasteiger partial charge on any atom is -0.273 e. The van der Waals surface area contributed by atoms with Crippen molar-refractivity contribution in [2.45, 2.75) is 12.3 Å². The molecule has 1 heterocycles. The monoisotopic (exact) mass is 304 g/mol. The number of hydrogen-bond donors (Lipinski definition) is 1. The predicted molar refractivity (Wildman–Crippen MR) is 82.4 cm³/mol. The number of hydrazone groups is 1. The summed E-state index contributed by atoms with van der Waals surface area (Å²) >= 11 is 7.24. The summed E-state index contributed by atoms with van der Waals surface area (Å²) in [6.45, 7) is 0. The Kier molecular flexibility index (Phi) is 3.85. The molecule has 3 rings (SSSR count). The van der Waals surface area contributed by atoms with Crippen molar-refractivity contribution in [2.24, 2.45) is 11.0 Å². The highest BCUT2D eigenvalue weighted by atomic mass is 35.5. The predicted octanol–water partition coefficient (Wildman–Crippen LogP) is 3.66. The van der Waals surface area contributed by atoms with Crippen LogP contribution in [0.1, 0.15) is 22.8 Å². The average molecular weight is 305 g/mol. The van der Waals surface area contributed by atoms with Gasteiger partial charge in [0.25, 0.3) is 0 Å². The van der Waals surface area contributed by atoms with E-state index in [1.165, 1.54) is 16.9 Å². The minimum atomic E-state index is -0.0160. The molecule has 0 aliphatic heterocycles. The van der Waals surface area contributed by atoms with Gasteiger partial charge >= 0.3 is 0 Å². The second-order valence-electron chi connectivity index (χ2n) is 4.74. The third-order valence-corrected chi connectivity index (χ3v) is 4.48. The second-order valence-corrected chi connectivity index (χ2v) is 6.48. The molecule has 1 saturated carbocycles. The number of thiophene rings is 1. The van der Waals surface area contributed by atoms with Gasteiger partial charge in [0.05, 0.1) is 10.6 Å². The molecule has 1 aliphatic carbocycles. The number of carbonyl (C=O) groups excluding carboxylic acids is 1. The lowest BCUT2D eigenvalue weighted by molar-refractivity contribution is -0.122. The standard InChI is InChI=1S/C15H13ClN2OS/c16-14-7-6-11(20-14)9-17-18-15(19)13-8-12(13)10-4-2-1-3-5-10/h1-7,9,12-13H,8H2,(H,18,19). The molecule has 0 saturated heterocycles. The lowest BCUT2D eigenvalue weighted by Gasteiger charge is -1.99. The summed E-state index contributed by atoms with van der Waals surface area (Å²) in [7, 11) is 0. The molecule has 0 spiro atoms. The van der Waals surface area contributed by atoms with Crippen molar-refractivity contribution in [2.75, 3.05) is 0 Å². The van der Waals surface area contributed by atoms with Crippen LogP contribution in [0, 0.1) is 5.92 Å². The third-order valence-electron chi connectivity index (χ3n) is 3.32. The van der Waals surface area contributed by atoms with Crippen LogP contribution in [0.4, 0.5) is 0 Å². The summed E-state index contributed by atoms with van der Waals surface area (Å²) in [5.41, 5.74) is 3.82. The van der Waals surface area contributed by atoms with Crippen LogP contribution in [-0.4, -0.2) is 12.1 Å². The summed E-state index contributed by atoms with van der Waals surface area (Å²) < 4.78 is 0.712. The first kappa shape index (κ1) is 13.3. The van der Waals surface area contributed by atoms with Crippen molar-refractivity contribution in [3.05, 3.63) is 57.2 Å². The number of carbonyl (C=O) groups is 1. The van der Waals surface area contributed by atoms with Crippen molar-refractivity contribution in [3.63, 3.8) is 0 Å². The van der Waals surface area contributed by atoms with Crippen molar-refractivity contribution in [3.8, 4) is 0 Å². The van der Waals surface area contributed by atoms with E-state index in [4.69, 9.17) is 11.6 Å². The Morgan fingerprint density at radius 1 is 1.30 bits per heavy atom. The highest BCUT2D eigenvalue weighted by molar-refractivity contribution is 7.17. The normalized spacial score (nSPS) is 21.1. The lowest BCUT2D eigenvalue weighted by Crippen LogP contribution is -2.19. The third kappa shape index (κ3) is 3.08. The Hall–Kier alpha value is -1.65. The molecular weight excluding hydrogens is 292 g/mol. The highest BCUT2D eigenvalue weighted by Crippen LogP contribution is 2.47. The van der Waals surface area contributed by atoms with Gasteiger partial charge in [-0.05, 0) is 30.0 Å². The van der Waals surface area contributed by atoms with Gasteiger partial charge in [0.1, 0.15) is 0 Å². The molecule has 0 bridgehead atoms.